The summed E-state index contributed by atoms with van der Waals surface area (Å²) in [6.45, 7) is 1.91. The smallest absolute Gasteiger partial charge is 0.122 e. The number of nitrogens with two attached hydrogens (primary N) is 1. The Morgan fingerprint density at radius 2 is 2.38 bits per heavy atom. The Hall–Kier alpha value is -1.59. The van der Waals surface area contributed by atoms with Gasteiger partial charge < -0.3 is 8.98 Å². The summed E-state index contributed by atoms with van der Waals surface area (Å²) in [5.41, 5.74) is 2.75. The van der Waals surface area contributed by atoms with Gasteiger partial charge in [-0.05, 0) is 19.1 Å². The highest BCUT2D eigenvalue weighted by Gasteiger charge is 2.16. The lowest BCUT2D eigenvalue weighted by molar-refractivity contribution is 0.397. The minimum absolute atomic E-state index is 0.0465. The fourth-order valence-corrected chi connectivity index (χ4v) is 1.66. The zero-order valence-electron chi connectivity index (χ0n) is 9.47. The van der Waals surface area contributed by atoms with Crippen LogP contribution in [0.1, 0.15) is 23.4 Å². The molecule has 2 heterocycles. The van der Waals surface area contributed by atoms with Crippen LogP contribution in [-0.2, 0) is 13.5 Å². The molecule has 0 amide bonds. The third-order valence-electron chi connectivity index (χ3n) is 2.61. The van der Waals surface area contributed by atoms with E-state index in [0.29, 0.717) is 6.42 Å². The number of hydrogen-bond donors (Lipinski definition) is 2. The summed E-state index contributed by atoms with van der Waals surface area (Å²) in [6.07, 6.45) is 4.39. The van der Waals surface area contributed by atoms with Gasteiger partial charge in [-0.25, -0.2) is 10.4 Å². The van der Waals surface area contributed by atoms with Crippen molar-refractivity contribution in [1.82, 2.24) is 15.0 Å². The van der Waals surface area contributed by atoms with Crippen molar-refractivity contribution in [3.8, 4) is 0 Å². The average Bonchev–Trinajstić information content (AvgIpc) is 2.85. The summed E-state index contributed by atoms with van der Waals surface area (Å²) in [6, 6.07) is 3.82. The Labute approximate surface area is 94.2 Å². The first-order valence-corrected chi connectivity index (χ1v) is 5.19. The fourth-order valence-electron chi connectivity index (χ4n) is 1.66. The molecular formula is C11H16N4O. The van der Waals surface area contributed by atoms with E-state index in [1.54, 1.807) is 6.20 Å². The van der Waals surface area contributed by atoms with Crippen molar-refractivity contribution in [2.24, 2.45) is 12.9 Å². The Morgan fingerprint density at radius 1 is 1.56 bits per heavy atom. The normalized spacial score (nSPS) is 12.9. The molecule has 0 aliphatic carbocycles. The Bertz CT molecular complexity index is 460. The van der Waals surface area contributed by atoms with Crippen LogP contribution < -0.4 is 11.3 Å². The number of hydrogen-bond acceptors (Lipinski definition) is 4. The van der Waals surface area contributed by atoms with E-state index in [4.69, 9.17) is 10.3 Å². The van der Waals surface area contributed by atoms with E-state index in [9.17, 15) is 0 Å². The van der Waals surface area contributed by atoms with Crippen molar-refractivity contribution in [3.63, 3.8) is 0 Å². The first-order valence-electron chi connectivity index (χ1n) is 5.19. The van der Waals surface area contributed by atoms with Gasteiger partial charge in [-0.1, -0.05) is 0 Å². The second kappa shape index (κ2) is 4.51. The molecule has 0 radical (unpaired) electrons. The quantitative estimate of drug-likeness (QED) is 0.597. The predicted octanol–water partition coefficient (Wildman–Crippen LogP) is 1.07. The van der Waals surface area contributed by atoms with Crippen molar-refractivity contribution < 1.29 is 4.42 Å². The van der Waals surface area contributed by atoms with Crippen LogP contribution in [0.3, 0.4) is 0 Å². The molecule has 3 N–H and O–H groups in total. The van der Waals surface area contributed by atoms with Crippen LogP contribution in [-0.4, -0.2) is 9.55 Å². The molecule has 0 spiro atoms. The van der Waals surface area contributed by atoms with Gasteiger partial charge in [0.2, 0.25) is 0 Å². The van der Waals surface area contributed by atoms with E-state index in [1.807, 2.05) is 36.9 Å². The van der Waals surface area contributed by atoms with Crippen LogP contribution in [0.15, 0.2) is 28.9 Å². The van der Waals surface area contributed by atoms with Gasteiger partial charge in [-0.3, -0.25) is 5.84 Å². The van der Waals surface area contributed by atoms with Crippen molar-refractivity contribution in [2.45, 2.75) is 19.4 Å². The molecule has 5 heteroatoms. The van der Waals surface area contributed by atoms with Gasteiger partial charge in [-0.2, -0.15) is 0 Å². The van der Waals surface area contributed by atoms with Crippen LogP contribution in [0.25, 0.3) is 0 Å². The fraction of sp³-hybridized carbons (Fsp3) is 0.364. The minimum atomic E-state index is -0.0465. The number of nitrogens with zero attached hydrogens (tertiary/aromatic N) is 2. The Morgan fingerprint density at radius 3 is 2.88 bits per heavy atom. The van der Waals surface area contributed by atoms with Crippen molar-refractivity contribution >= 4 is 0 Å². The summed E-state index contributed by atoms with van der Waals surface area (Å²) in [4.78, 5) is 4.26. The maximum Gasteiger partial charge on any atom is 0.122 e. The SMILES string of the molecule is Cc1ccc(C(Cc2nccn2C)NN)o1. The van der Waals surface area contributed by atoms with Crippen molar-refractivity contribution in [3.05, 3.63) is 41.9 Å². The lowest BCUT2D eigenvalue weighted by Crippen LogP contribution is -2.30. The molecule has 1 unspecified atom stereocenters. The number of rotatable bonds is 4. The van der Waals surface area contributed by atoms with Gasteiger partial charge in [0.15, 0.2) is 0 Å². The van der Waals surface area contributed by atoms with Crippen LogP contribution >= 0.6 is 0 Å². The highest BCUT2D eigenvalue weighted by Crippen LogP contribution is 2.19. The van der Waals surface area contributed by atoms with Crippen molar-refractivity contribution in [2.75, 3.05) is 0 Å². The summed E-state index contributed by atoms with van der Waals surface area (Å²) in [5.74, 6) is 8.22. The van der Waals surface area contributed by atoms with E-state index in [1.165, 1.54) is 0 Å². The molecule has 2 aromatic rings. The first-order chi connectivity index (χ1) is 7.70. The molecule has 0 aromatic carbocycles. The lowest BCUT2D eigenvalue weighted by Gasteiger charge is -2.12. The zero-order valence-corrected chi connectivity index (χ0v) is 9.47. The second-order valence-corrected chi connectivity index (χ2v) is 3.83. The molecule has 0 bridgehead atoms. The summed E-state index contributed by atoms with van der Waals surface area (Å²) in [7, 11) is 1.96. The van der Waals surface area contributed by atoms with Gasteiger partial charge in [0.25, 0.3) is 0 Å². The molecule has 5 nitrogen and oxygen atoms in total. The third-order valence-corrected chi connectivity index (χ3v) is 2.61. The molecule has 1 atom stereocenters. The molecule has 86 valence electrons. The molecule has 2 rings (SSSR count). The van der Waals surface area contributed by atoms with Crippen molar-refractivity contribution in [1.29, 1.82) is 0 Å². The molecule has 0 aliphatic rings. The second-order valence-electron chi connectivity index (χ2n) is 3.83. The summed E-state index contributed by atoms with van der Waals surface area (Å²) >= 11 is 0. The third kappa shape index (κ3) is 2.15. The largest absolute Gasteiger partial charge is 0.465 e. The highest BCUT2D eigenvalue weighted by molar-refractivity contribution is 5.11. The number of aromatic nitrogens is 2. The molecular weight excluding hydrogens is 204 g/mol. The monoisotopic (exact) mass is 220 g/mol. The summed E-state index contributed by atoms with van der Waals surface area (Å²) < 4.78 is 7.52. The van der Waals surface area contributed by atoms with E-state index in [2.05, 4.69) is 10.4 Å². The van der Waals surface area contributed by atoms with E-state index in [0.717, 1.165) is 17.3 Å². The average molecular weight is 220 g/mol. The maximum atomic E-state index is 5.55. The van der Waals surface area contributed by atoms with Gasteiger partial charge in [0.1, 0.15) is 17.3 Å². The van der Waals surface area contributed by atoms with Crippen LogP contribution in [0, 0.1) is 6.92 Å². The number of hydrazine groups is 1. The first kappa shape index (κ1) is 10.9. The Kier molecular flexibility index (Phi) is 3.07. The van der Waals surface area contributed by atoms with E-state index in [-0.39, 0.29) is 6.04 Å². The molecule has 2 aromatic heterocycles. The predicted molar refractivity (Wildman–Crippen MR) is 60.4 cm³/mol. The molecule has 0 saturated heterocycles. The summed E-state index contributed by atoms with van der Waals surface area (Å²) in [5, 5.41) is 0. The van der Waals surface area contributed by atoms with Gasteiger partial charge in [0, 0.05) is 25.9 Å². The highest BCUT2D eigenvalue weighted by atomic mass is 16.3. The molecule has 16 heavy (non-hydrogen) atoms. The van der Waals surface area contributed by atoms with E-state index < -0.39 is 0 Å². The molecule has 0 aliphatic heterocycles. The van der Waals surface area contributed by atoms with Gasteiger partial charge in [0.05, 0.1) is 6.04 Å². The van der Waals surface area contributed by atoms with Gasteiger partial charge >= 0.3 is 0 Å². The van der Waals surface area contributed by atoms with Crippen LogP contribution in [0.4, 0.5) is 0 Å². The topological polar surface area (TPSA) is 69.0 Å². The zero-order chi connectivity index (χ0) is 11.5. The maximum absolute atomic E-state index is 5.55. The number of nitrogens with one attached hydrogen (secondary N) is 1. The lowest BCUT2D eigenvalue weighted by atomic mass is 10.1. The van der Waals surface area contributed by atoms with Gasteiger partial charge in [-0.15, -0.1) is 0 Å². The number of imidazole rings is 1. The molecule has 0 fully saturated rings. The standard InChI is InChI=1S/C11H16N4O/c1-8-3-4-10(16-8)9(14-12)7-11-13-5-6-15(11)2/h3-6,9,14H,7,12H2,1-2H3. The Balaban J connectivity index is 2.15. The number of furan rings is 1. The number of aryl methyl sites for hydroxylation is 2. The molecule has 0 saturated carbocycles. The van der Waals surface area contributed by atoms with E-state index >= 15 is 0 Å². The minimum Gasteiger partial charge on any atom is -0.465 e. The van der Waals surface area contributed by atoms with Crippen LogP contribution in [0.5, 0.6) is 0 Å². The van der Waals surface area contributed by atoms with Crippen LogP contribution in [0.2, 0.25) is 0 Å².